The van der Waals surface area contributed by atoms with Crippen LogP contribution >= 0.6 is 11.8 Å². The largest absolute Gasteiger partial charge is 0.476 e. The van der Waals surface area contributed by atoms with E-state index in [1.807, 2.05) is 48.2 Å². The monoisotopic (exact) mass is 396 g/mol. The Balaban J connectivity index is 1.51. The third-order valence-electron chi connectivity index (χ3n) is 5.19. The van der Waals surface area contributed by atoms with Gasteiger partial charge in [0.15, 0.2) is 6.10 Å². The van der Waals surface area contributed by atoms with Gasteiger partial charge < -0.3 is 15.0 Å². The second-order valence-electron chi connectivity index (χ2n) is 7.21. The van der Waals surface area contributed by atoms with Gasteiger partial charge in [0, 0.05) is 17.1 Å². The zero-order valence-electron chi connectivity index (χ0n) is 15.9. The van der Waals surface area contributed by atoms with Crippen molar-refractivity contribution >= 4 is 35.0 Å². The Kier molecular flexibility index (Phi) is 5.57. The first-order valence-corrected chi connectivity index (χ1v) is 10.6. The van der Waals surface area contributed by atoms with Crippen LogP contribution in [0.1, 0.15) is 32.6 Å². The summed E-state index contributed by atoms with van der Waals surface area (Å²) in [7, 11) is 0. The van der Waals surface area contributed by atoms with E-state index in [1.165, 1.54) is 32.6 Å². The molecule has 1 aliphatic carbocycles. The van der Waals surface area contributed by atoms with Crippen LogP contribution in [0.2, 0.25) is 0 Å². The lowest BCUT2D eigenvalue weighted by atomic mass is 10.1. The summed E-state index contributed by atoms with van der Waals surface area (Å²) in [5, 5.41) is 3.64. The second kappa shape index (κ2) is 8.27. The normalized spacial score (nSPS) is 19.0. The number of ether oxygens (including phenoxy) is 1. The average Bonchev–Trinajstić information content (AvgIpc) is 3.21. The van der Waals surface area contributed by atoms with Crippen LogP contribution in [0.4, 0.5) is 11.4 Å². The van der Waals surface area contributed by atoms with Gasteiger partial charge >= 0.3 is 0 Å². The summed E-state index contributed by atoms with van der Waals surface area (Å²) in [5.74, 6) is 0.212. The van der Waals surface area contributed by atoms with Crippen LogP contribution in [0, 0.1) is 0 Å². The summed E-state index contributed by atoms with van der Waals surface area (Å²) in [6.07, 6.45) is 4.26. The SMILES string of the molecule is CC(=O)N1CC(C(=O)Nc2ccccc2SC2CCCC2)Oc2ccccc21. The molecule has 1 fully saturated rings. The van der Waals surface area contributed by atoms with Crippen molar-refractivity contribution in [3.8, 4) is 5.75 Å². The first kappa shape index (κ1) is 18.9. The minimum Gasteiger partial charge on any atom is -0.476 e. The maximum absolute atomic E-state index is 13.0. The number of benzene rings is 2. The number of hydrogen-bond acceptors (Lipinski definition) is 4. The number of fused-ring (bicyclic) bond motifs is 1. The molecule has 2 aliphatic rings. The number of nitrogens with one attached hydrogen (secondary N) is 1. The maximum Gasteiger partial charge on any atom is 0.267 e. The van der Waals surface area contributed by atoms with E-state index in [2.05, 4.69) is 11.4 Å². The number of carbonyl (C=O) groups excluding carboxylic acids is 2. The standard InChI is InChI=1S/C22H24N2O3S/c1-15(25)24-14-20(27-19-12-6-5-11-18(19)24)22(26)23-17-10-4-7-13-21(17)28-16-8-2-3-9-16/h4-7,10-13,16,20H,2-3,8-9,14H2,1H3,(H,23,26). The molecule has 1 atom stereocenters. The van der Waals surface area contributed by atoms with E-state index < -0.39 is 6.10 Å². The zero-order chi connectivity index (χ0) is 19.5. The number of amides is 2. The molecule has 0 bridgehead atoms. The smallest absolute Gasteiger partial charge is 0.267 e. The first-order valence-electron chi connectivity index (χ1n) is 9.72. The lowest BCUT2D eigenvalue weighted by Gasteiger charge is -2.33. The minimum absolute atomic E-state index is 0.106. The summed E-state index contributed by atoms with van der Waals surface area (Å²) >= 11 is 1.84. The number of rotatable bonds is 4. The molecule has 2 aromatic rings. The third-order valence-corrected chi connectivity index (χ3v) is 6.60. The number of anilines is 2. The number of hydrogen-bond donors (Lipinski definition) is 1. The molecule has 2 aromatic carbocycles. The van der Waals surface area contributed by atoms with Gasteiger partial charge in [-0.3, -0.25) is 9.59 Å². The number of thioether (sulfide) groups is 1. The van der Waals surface area contributed by atoms with Crippen molar-refractivity contribution in [1.82, 2.24) is 0 Å². The highest BCUT2D eigenvalue weighted by molar-refractivity contribution is 8.00. The Hall–Kier alpha value is -2.47. The van der Waals surface area contributed by atoms with Gasteiger partial charge in [-0.05, 0) is 37.1 Å². The predicted octanol–water partition coefficient (Wildman–Crippen LogP) is 4.47. The molecule has 5 nitrogen and oxygen atoms in total. The topological polar surface area (TPSA) is 58.6 Å². The molecule has 28 heavy (non-hydrogen) atoms. The highest BCUT2D eigenvalue weighted by atomic mass is 32.2. The van der Waals surface area contributed by atoms with Crippen molar-refractivity contribution < 1.29 is 14.3 Å². The van der Waals surface area contributed by atoms with E-state index >= 15 is 0 Å². The molecule has 0 saturated heterocycles. The third kappa shape index (κ3) is 4.02. The van der Waals surface area contributed by atoms with E-state index in [0.717, 1.165) is 10.6 Å². The second-order valence-corrected chi connectivity index (χ2v) is 8.56. The Morgan fingerprint density at radius 1 is 1.07 bits per heavy atom. The van der Waals surface area contributed by atoms with E-state index in [1.54, 1.807) is 11.0 Å². The Morgan fingerprint density at radius 2 is 1.79 bits per heavy atom. The minimum atomic E-state index is -0.747. The molecule has 0 aromatic heterocycles. The van der Waals surface area contributed by atoms with Crippen molar-refractivity contribution in [1.29, 1.82) is 0 Å². The summed E-state index contributed by atoms with van der Waals surface area (Å²) in [6.45, 7) is 1.71. The molecule has 0 spiro atoms. The zero-order valence-corrected chi connectivity index (χ0v) is 16.7. The molecule has 1 N–H and O–H groups in total. The molecular weight excluding hydrogens is 372 g/mol. The van der Waals surface area contributed by atoms with Crippen LogP contribution in [0.3, 0.4) is 0 Å². The Bertz CT molecular complexity index is 880. The van der Waals surface area contributed by atoms with Gasteiger partial charge in [0.1, 0.15) is 5.75 Å². The van der Waals surface area contributed by atoms with Crippen LogP contribution < -0.4 is 15.0 Å². The van der Waals surface area contributed by atoms with Crippen LogP contribution in [0.15, 0.2) is 53.4 Å². The quantitative estimate of drug-likeness (QED) is 0.828. The Labute approximate surface area is 169 Å². The van der Waals surface area contributed by atoms with Gasteiger partial charge in [0.2, 0.25) is 5.91 Å². The molecule has 4 rings (SSSR count). The molecule has 6 heteroatoms. The van der Waals surface area contributed by atoms with Crippen LogP contribution in [0.5, 0.6) is 5.75 Å². The van der Waals surface area contributed by atoms with Crippen molar-refractivity contribution in [2.75, 3.05) is 16.8 Å². The van der Waals surface area contributed by atoms with Crippen molar-refractivity contribution in [3.05, 3.63) is 48.5 Å². The van der Waals surface area contributed by atoms with Gasteiger partial charge in [-0.15, -0.1) is 11.8 Å². The van der Waals surface area contributed by atoms with E-state index in [4.69, 9.17) is 4.74 Å². The van der Waals surface area contributed by atoms with E-state index in [-0.39, 0.29) is 18.4 Å². The van der Waals surface area contributed by atoms with Gasteiger partial charge in [0.05, 0.1) is 17.9 Å². The van der Waals surface area contributed by atoms with E-state index in [0.29, 0.717) is 16.7 Å². The van der Waals surface area contributed by atoms with Gasteiger partial charge in [-0.1, -0.05) is 37.1 Å². The van der Waals surface area contributed by atoms with E-state index in [9.17, 15) is 9.59 Å². The fourth-order valence-corrected chi connectivity index (χ4v) is 5.07. The molecule has 1 heterocycles. The van der Waals surface area contributed by atoms with Crippen molar-refractivity contribution in [2.45, 2.75) is 48.9 Å². The average molecular weight is 397 g/mol. The lowest BCUT2D eigenvalue weighted by molar-refractivity contribution is -0.123. The predicted molar refractivity (Wildman–Crippen MR) is 112 cm³/mol. The number of nitrogens with zero attached hydrogens (tertiary/aromatic N) is 1. The van der Waals surface area contributed by atoms with Crippen LogP contribution in [0.25, 0.3) is 0 Å². The molecule has 1 unspecified atom stereocenters. The summed E-state index contributed by atoms with van der Waals surface area (Å²) in [4.78, 5) is 27.7. The number of carbonyl (C=O) groups is 2. The molecule has 2 amide bonds. The highest BCUT2D eigenvalue weighted by Crippen LogP contribution is 2.38. The fraction of sp³-hybridized carbons (Fsp3) is 0.364. The molecule has 0 radical (unpaired) electrons. The van der Waals surface area contributed by atoms with Gasteiger partial charge in [-0.2, -0.15) is 0 Å². The maximum atomic E-state index is 13.0. The lowest BCUT2D eigenvalue weighted by Crippen LogP contribution is -2.48. The van der Waals surface area contributed by atoms with Crippen LogP contribution in [-0.4, -0.2) is 29.7 Å². The fourth-order valence-electron chi connectivity index (χ4n) is 3.74. The summed E-state index contributed by atoms with van der Waals surface area (Å²) in [5.41, 5.74) is 1.51. The van der Waals surface area contributed by atoms with Gasteiger partial charge in [-0.25, -0.2) is 0 Å². The van der Waals surface area contributed by atoms with Gasteiger partial charge in [0.25, 0.3) is 5.91 Å². The molecule has 1 aliphatic heterocycles. The van der Waals surface area contributed by atoms with Crippen LogP contribution in [-0.2, 0) is 9.59 Å². The molecule has 146 valence electrons. The van der Waals surface area contributed by atoms with Crippen molar-refractivity contribution in [3.63, 3.8) is 0 Å². The highest BCUT2D eigenvalue weighted by Gasteiger charge is 2.32. The molecule has 1 saturated carbocycles. The Morgan fingerprint density at radius 3 is 2.57 bits per heavy atom. The summed E-state index contributed by atoms with van der Waals surface area (Å²) < 4.78 is 5.91. The number of para-hydroxylation sites is 3. The molecular formula is C22H24N2O3S. The summed E-state index contributed by atoms with van der Waals surface area (Å²) in [6, 6.07) is 15.2. The van der Waals surface area contributed by atoms with Crippen molar-refractivity contribution in [2.24, 2.45) is 0 Å². The first-order chi connectivity index (χ1) is 13.6.